The molecule has 0 unspecified atom stereocenters. The SMILES string of the molecule is Cc1c(Cl)cccc1N=C1NC(=O)/C(=C\c2c(C)n(Cc3ccccc3)c3ccccc23)S1. The van der Waals surface area contributed by atoms with Crippen LogP contribution in [0.4, 0.5) is 5.69 Å². The van der Waals surface area contributed by atoms with Crippen molar-refractivity contribution >= 4 is 57.1 Å². The summed E-state index contributed by atoms with van der Waals surface area (Å²) in [5.74, 6) is -0.141. The van der Waals surface area contributed by atoms with Crippen LogP contribution in [-0.4, -0.2) is 15.6 Å². The molecule has 1 aromatic heterocycles. The molecular formula is C27H22ClN3OS. The molecule has 0 aliphatic carbocycles. The van der Waals surface area contributed by atoms with E-state index in [1.165, 1.54) is 17.3 Å². The quantitative estimate of drug-likeness (QED) is 0.331. The van der Waals surface area contributed by atoms with Gasteiger partial charge in [0.05, 0.1) is 10.6 Å². The largest absolute Gasteiger partial charge is 0.340 e. The van der Waals surface area contributed by atoms with Crippen LogP contribution in [-0.2, 0) is 11.3 Å². The van der Waals surface area contributed by atoms with Gasteiger partial charge in [0.25, 0.3) is 5.91 Å². The summed E-state index contributed by atoms with van der Waals surface area (Å²) in [6.45, 7) is 4.80. The second-order valence-corrected chi connectivity index (χ2v) is 9.39. The Kier molecular flexibility index (Phi) is 5.83. The monoisotopic (exact) mass is 471 g/mol. The van der Waals surface area contributed by atoms with Crippen LogP contribution < -0.4 is 5.32 Å². The van der Waals surface area contributed by atoms with Gasteiger partial charge in [0.15, 0.2) is 5.17 Å². The maximum atomic E-state index is 12.8. The summed E-state index contributed by atoms with van der Waals surface area (Å²) in [5.41, 5.74) is 6.20. The molecule has 1 N–H and O–H groups in total. The molecule has 1 fully saturated rings. The van der Waals surface area contributed by atoms with E-state index in [1.807, 2.05) is 43.3 Å². The third kappa shape index (κ3) is 4.22. The molecule has 1 aliphatic heterocycles. The van der Waals surface area contributed by atoms with Gasteiger partial charge >= 0.3 is 0 Å². The third-order valence-electron chi connectivity index (χ3n) is 5.85. The fraction of sp³-hybridized carbons (Fsp3) is 0.111. The average molecular weight is 472 g/mol. The first-order valence-corrected chi connectivity index (χ1v) is 11.9. The lowest BCUT2D eigenvalue weighted by atomic mass is 10.1. The molecule has 1 saturated heterocycles. The zero-order valence-corrected chi connectivity index (χ0v) is 19.9. The van der Waals surface area contributed by atoms with E-state index in [-0.39, 0.29) is 5.91 Å². The van der Waals surface area contributed by atoms with E-state index in [0.717, 1.165) is 40.0 Å². The number of nitrogens with one attached hydrogen (secondary N) is 1. The predicted octanol–water partition coefficient (Wildman–Crippen LogP) is 6.85. The highest BCUT2D eigenvalue weighted by atomic mass is 35.5. The number of para-hydroxylation sites is 1. The Hall–Kier alpha value is -3.28. The van der Waals surface area contributed by atoms with E-state index in [1.54, 1.807) is 0 Å². The number of benzene rings is 3. The van der Waals surface area contributed by atoms with Crippen LogP contribution in [0.3, 0.4) is 0 Å². The van der Waals surface area contributed by atoms with E-state index >= 15 is 0 Å². The van der Waals surface area contributed by atoms with Gasteiger partial charge in [-0.1, -0.05) is 66.2 Å². The normalized spacial score (nSPS) is 16.2. The highest BCUT2D eigenvalue weighted by Crippen LogP contribution is 2.34. The molecule has 2 heterocycles. The van der Waals surface area contributed by atoms with Crippen LogP contribution in [0.1, 0.15) is 22.4 Å². The molecule has 4 aromatic rings. The van der Waals surface area contributed by atoms with E-state index in [9.17, 15) is 4.79 Å². The fourth-order valence-electron chi connectivity index (χ4n) is 4.05. The molecule has 0 radical (unpaired) electrons. The van der Waals surface area contributed by atoms with Crippen molar-refractivity contribution in [3.63, 3.8) is 0 Å². The Morgan fingerprint density at radius 1 is 1.00 bits per heavy atom. The summed E-state index contributed by atoms with van der Waals surface area (Å²) in [5, 5.41) is 5.23. The molecule has 1 amide bonds. The van der Waals surface area contributed by atoms with Crippen LogP contribution >= 0.6 is 23.4 Å². The van der Waals surface area contributed by atoms with E-state index < -0.39 is 0 Å². The zero-order valence-electron chi connectivity index (χ0n) is 18.3. The summed E-state index contributed by atoms with van der Waals surface area (Å²) >= 11 is 7.57. The summed E-state index contributed by atoms with van der Waals surface area (Å²) in [4.78, 5) is 18.0. The fourth-order valence-corrected chi connectivity index (χ4v) is 5.03. The van der Waals surface area contributed by atoms with Crippen molar-refractivity contribution in [1.29, 1.82) is 0 Å². The van der Waals surface area contributed by atoms with Crippen molar-refractivity contribution in [2.75, 3.05) is 0 Å². The van der Waals surface area contributed by atoms with Gasteiger partial charge in [-0.3, -0.25) is 4.79 Å². The first kappa shape index (κ1) is 21.6. The molecule has 164 valence electrons. The van der Waals surface area contributed by atoms with E-state index in [2.05, 4.69) is 64.3 Å². The Labute approximate surface area is 202 Å². The van der Waals surface area contributed by atoms with Crippen LogP contribution in [0.5, 0.6) is 0 Å². The minimum absolute atomic E-state index is 0.141. The molecule has 3 aromatic carbocycles. The average Bonchev–Trinajstić information content (AvgIpc) is 3.30. The smallest absolute Gasteiger partial charge is 0.264 e. The number of carbonyl (C=O) groups excluding carboxylic acids is 1. The van der Waals surface area contributed by atoms with Gasteiger partial charge in [-0.15, -0.1) is 0 Å². The Bertz CT molecular complexity index is 1440. The summed E-state index contributed by atoms with van der Waals surface area (Å²) < 4.78 is 2.30. The van der Waals surface area contributed by atoms with Gasteiger partial charge in [0.2, 0.25) is 0 Å². The summed E-state index contributed by atoms with van der Waals surface area (Å²) in [6, 6.07) is 24.3. The van der Waals surface area contributed by atoms with Crippen LogP contribution in [0.15, 0.2) is 82.7 Å². The first-order valence-electron chi connectivity index (χ1n) is 10.7. The van der Waals surface area contributed by atoms with Crippen LogP contribution in [0.25, 0.3) is 17.0 Å². The van der Waals surface area contributed by atoms with Gasteiger partial charge in [0.1, 0.15) is 0 Å². The number of fused-ring (bicyclic) bond motifs is 1. The number of rotatable bonds is 4. The predicted molar refractivity (Wildman–Crippen MR) is 139 cm³/mol. The van der Waals surface area contributed by atoms with Gasteiger partial charge in [-0.05, 0) is 61.0 Å². The number of nitrogens with zero attached hydrogens (tertiary/aromatic N) is 2. The minimum Gasteiger partial charge on any atom is -0.340 e. The maximum Gasteiger partial charge on any atom is 0.264 e. The lowest BCUT2D eigenvalue weighted by Gasteiger charge is -2.08. The van der Waals surface area contributed by atoms with Crippen molar-refractivity contribution in [1.82, 2.24) is 9.88 Å². The van der Waals surface area contributed by atoms with Crippen molar-refractivity contribution < 1.29 is 4.79 Å². The van der Waals surface area contributed by atoms with Crippen LogP contribution in [0, 0.1) is 13.8 Å². The van der Waals surface area contributed by atoms with Gasteiger partial charge in [0, 0.05) is 33.7 Å². The lowest BCUT2D eigenvalue weighted by molar-refractivity contribution is -0.115. The molecule has 0 bridgehead atoms. The molecule has 0 saturated carbocycles. The van der Waals surface area contributed by atoms with Crippen LogP contribution in [0.2, 0.25) is 5.02 Å². The van der Waals surface area contributed by atoms with Crippen molar-refractivity contribution in [3.8, 4) is 0 Å². The minimum atomic E-state index is -0.141. The molecule has 5 rings (SSSR count). The number of halogens is 1. The van der Waals surface area contributed by atoms with Crippen molar-refractivity contribution in [2.45, 2.75) is 20.4 Å². The zero-order chi connectivity index (χ0) is 22.9. The number of hydrogen-bond donors (Lipinski definition) is 1. The molecule has 0 atom stereocenters. The number of hydrogen-bond acceptors (Lipinski definition) is 3. The molecule has 4 nitrogen and oxygen atoms in total. The first-order chi connectivity index (χ1) is 16.0. The van der Waals surface area contributed by atoms with Gasteiger partial charge < -0.3 is 9.88 Å². The molecular weight excluding hydrogens is 450 g/mol. The maximum absolute atomic E-state index is 12.8. The lowest BCUT2D eigenvalue weighted by Crippen LogP contribution is -2.19. The molecule has 0 spiro atoms. The van der Waals surface area contributed by atoms with E-state index in [4.69, 9.17) is 11.6 Å². The van der Waals surface area contributed by atoms with Crippen molar-refractivity contribution in [2.24, 2.45) is 4.99 Å². The van der Waals surface area contributed by atoms with Gasteiger partial charge in [-0.25, -0.2) is 4.99 Å². The second-order valence-electron chi connectivity index (χ2n) is 7.95. The summed E-state index contributed by atoms with van der Waals surface area (Å²) in [6.07, 6.45) is 1.98. The molecule has 6 heteroatoms. The number of aliphatic imine (C=N–C) groups is 1. The Morgan fingerprint density at radius 3 is 2.58 bits per heavy atom. The highest BCUT2D eigenvalue weighted by molar-refractivity contribution is 8.18. The Morgan fingerprint density at radius 2 is 1.76 bits per heavy atom. The number of thioether (sulfide) groups is 1. The molecule has 33 heavy (non-hydrogen) atoms. The summed E-state index contributed by atoms with van der Waals surface area (Å²) in [7, 11) is 0. The number of carbonyl (C=O) groups is 1. The van der Waals surface area contributed by atoms with E-state index in [0.29, 0.717) is 15.1 Å². The third-order valence-corrected chi connectivity index (χ3v) is 7.17. The standard InChI is InChI=1S/C27H22ClN3OS/c1-17-22(28)12-8-13-23(17)29-27-30-26(32)25(33-27)15-21-18(2)31(16-19-9-4-3-5-10-19)24-14-7-6-11-20(21)24/h3-15H,16H2,1-2H3,(H,29,30,32)/b25-15+. The second kappa shape index (κ2) is 8.93. The molecule has 1 aliphatic rings. The topological polar surface area (TPSA) is 46.4 Å². The van der Waals surface area contributed by atoms with Crippen molar-refractivity contribution in [3.05, 3.63) is 105 Å². The van der Waals surface area contributed by atoms with Gasteiger partial charge in [-0.2, -0.15) is 0 Å². The number of amides is 1. The Balaban J connectivity index is 1.53. The highest BCUT2D eigenvalue weighted by Gasteiger charge is 2.25. The number of aromatic nitrogens is 1. The number of amidine groups is 1.